The van der Waals surface area contributed by atoms with Crippen LogP contribution in [0.4, 0.5) is 0 Å². The highest BCUT2D eigenvalue weighted by atomic mass is 16.5. The SMILES string of the molecule is CCC1COCCN1CC(C)(N)CC. The van der Waals surface area contributed by atoms with E-state index in [0.29, 0.717) is 6.04 Å². The summed E-state index contributed by atoms with van der Waals surface area (Å²) in [6, 6.07) is 0.568. The van der Waals surface area contributed by atoms with Crippen LogP contribution in [0.25, 0.3) is 0 Å². The molecular weight excluding hydrogens is 176 g/mol. The minimum absolute atomic E-state index is 0.0508. The third-order valence-electron chi connectivity index (χ3n) is 3.19. The minimum Gasteiger partial charge on any atom is -0.378 e. The summed E-state index contributed by atoms with van der Waals surface area (Å²) in [7, 11) is 0. The van der Waals surface area contributed by atoms with Crippen LogP contribution in [0, 0.1) is 0 Å². The molecule has 14 heavy (non-hydrogen) atoms. The summed E-state index contributed by atoms with van der Waals surface area (Å²) in [6.07, 6.45) is 2.18. The number of ether oxygens (including phenoxy) is 1. The zero-order valence-corrected chi connectivity index (χ0v) is 9.75. The summed E-state index contributed by atoms with van der Waals surface area (Å²) in [5.41, 5.74) is 6.13. The van der Waals surface area contributed by atoms with Gasteiger partial charge in [0.25, 0.3) is 0 Å². The molecule has 1 heterocycles. The van der Waals surface area contributed by atoms with E-state index in [4.69, 9.17) is 10.5 Å². The smallest absolute Gasteiger partial charge is 0.0622 e. The van der Waals surface area contributed by atoms with E-state index in [2.05, 4.69) is 25.7 Å². The molecule has 1 rings (SSSR count). The lowest BCUT2D eigenvalue weighted by Crippen LogP contribution is -2.54. The maximum Gasteiger partial charge on any atom is 0.0622 e. The van der Waals surface area contributed by atoms with Crippen LogP contribution in [0.3, 0.4) is 0 Å². The quantitative estimate of drug-likeness (QED) is 0.741. The Labute approximate surface area is 87.6 Å². The third kappa shape index (κ3) is 3.23. The van der Waals surface area contributed by atoms with Crippen molar-refractivity contribution in [3.05, 3.63) is 0 Å². The van der Waals surface area contributed by atoms with Gasteiger partial charge in [-0.2, -0.15) is 0 Å². The summed E-state index contributed by atoms with van der Waals surface area (Å²) < 4.78 is 5.47. The maximum absolute atomic E-state index is 6.18. The van der Waals surface area contributed by atoms with Gasteiger partial charge >= 0.3 is 0 Å². The predicted octanol–water partition coefficient (Wildman–Crippen LogP) is 1.22. The van der Waals surface area contributed by atoms with E-state index in [0.717, 1.165) is 39.1 Å². The molecule has 0 aromatic carbocycles. The van der Waals surface area contributed by atoms with Crippen LogP contribution >= 0.6 is 0 Å². The number of rotatable bonds is 4. The predicted molar refractivity (Wildman–Crippen MR) is 59.4 cm³/mol. The number of nitrogens with two attached hydrogens (primary N) is 1. The number of nitrogens with zero attached hydrogens (tertiary/aromatic N) is 1. The van der Waals surface area contributed by atoms with Gasteiger partial charge in [-0.15, -0.1) is 0 Å². The van der Waals surface area contributed by atoms with E-state index >= 15 is 0 Å². The van der Waals surface area contributed by atoms with Crippen LogP contribution in [0.1, 0.15) is 33.6 Å². The lowest BCUT2D eigenvalue weighted by Gasteiger charge is -2.39. The average Bonchev–Trinajstić information content (AvgIpc) is 2.18. The molecule has 1 aliphatic heterocycles. The van der Waals surface area contributed by atoms with E-state index in [1.54, 1.807) is 0 Å². The van der Waals surface area contributed by atoms with Crippen molar-refractivity contribution >= 4 is 0 Å². The van der Waals surface area contributed by atoms with Crippen molar-refractivity contribution < 1.29 is 4.74 Å². The molecule has 1 saturated heterocycles. The summed E-state index contributed by atoms with van der Waals surface area (Å²) in [5.74, 6) is 0. The van der Waals surface area contributed by atoms with Gasteiger partial charge in [-0.05, 0) is 19.8 Å². The van der Waals surface area contributed by atoms with Gasteiger partial charge in [0, 0.05) is 24.7 Å². The first-order chi connectivity index (χ1) is 6.59. The molecule has 1 fully saturated rings. The molecule has 0 saturated carbocycles. The van der Waals surface area contributed by atoms with Gasteiger partial charge in [-0.1, -0.05) is 13.8 Å². The third-order valence-corrected chi connectivity index (χ3v) is 3.19. The molecule has 2 unspecified atom stereocenters. The second-order valence-corrected chi connectivity index (χ2v) is 4.62. The standard InChI is InChI=1S/C11H24N2O/c1-4-10-8-14-7-6-13(10)9-11(3,12)5-2/h10H,4-9,12H2,1-3H3. The van der Waals surface area contributed by atoms with Crippen molar-refractivity contribution in [3.63, 3.8) is 0 Å². The van der Waals surface area contributed by atoms with Crippen molar-refractivity contribution in [2.24, 2.45) is 5.73 Å². The fraction of sp³-hybridized carbons (Fsp3) is 1.00. The zero-order valence-electron chi connectivity index (χ0n) is 9.75. The number of hydrogen-bond donors (Lipinski definition) is 1. The van der Waals surface area contributed by atoms with Gasteiger partial charge in [0.15, 0.2) is 0 Å². The second kappa shape index (κ2) is 5.10. The Hall–Kier alpha value is -0.120. The lowest BCUT2D eigenvalue weighted by atomic mass is 9.98. The molecule has 0 radical (unpaired) electrons. The first kappa shape index (κ1) is 12.0. The Kier molecular flexibility index (Phi) is 4.35. The highest BCUT2D eigenvalue weighted by Crippen LogP contribution is 2.15. The molecule has 0 aliphatic carbocycles. The molecular formula is C11H24N2O. The lowest BCUT2D eigenvalue weighted by molar-refractivity contribution is -0.0171. The van der Waals surface area contributed by atoms with Crippen LogP contribution < -0.4 is 5.73 Å². The van der Waals surface area contributed by atoms with Crippen molar-refractivity contribution in [2.45, 2.75) is 45.2 Å². The number of hydrogen-bond acceptors (Lipinski definition) is 3. The van der Waals surface area contributed by atoms with Crippen LogP contribution in [0.15, 0.2) is 0 Å². The molecule has 0 bridgehead atoms. The van der Waals surface area contributed by atoms with E-state index in [1.165, 1.54) is 0 Å². The molecule has 0 aromatic heterocycles. The van der Waals surface area contributed by atoms with E-state index in [-0.39, 0.29) is 5.54 Å². The normalized spacial score (nSPS) is 28.7. The average molecular weight is 200 g/mol. The molecule has 1 aliphatic rings. The summed E-state index contributed by atoms with van der Waals surface area (Å²) in [5, 5.41) is 0. The number of morpholine rings is 1. The Bertz CT molecular complexity index is 171. The van der Waals surface area contributed by atoms with Gasteiger partial charge in [-0.3, -0.25) is 4.90 Å². The Morgan fingerprint density at radius 2 is 2.21 bits per heavy atom. The fourth-order valence-electron chi connectivity index (χ4n) is 1.85. The molecule has 2 N–H and O–H groups in total. The fourth-order valence-corrected chi connectivity index (χ4v) is 1.85. The summed E-state index contributed by atoms with van der Waals surface area (Å²) in [4.78, 5) is 2.48. The topological polar surface area (TPSA) is 38.5 Å². The monoisotopic (exact) mass is 200 g/mol. The molecule has 0 amide bonds. The maximum atomic E-state index is 6.18. The van der Waals surface area contributed by atoms with Crippen molar-refractivity contribution in [1.29, 1.82) is 0 Å². The van der Waals surface area contributed by atoms with Crippen LogP contribution in [-0.4, -0.2) is 42.8 Å². The molecule has 3 nitrogen and oxygen atoms in total. The van der Waals surface area contributed by atoms with Crippen molar-refractivity contribution in [3.8, 4) is 0 Å². The van der Waals surface area contributed by atoms with E-state index < -0.39 is 0 Å². The highest BCUT2D eigenvalue weighted by Gasteiger charge is 2.27. The Morgan fingerprint density at radius 3 is 2.79 bits per heavy atom. The highest BCUT2D eigenvalue weighted by molar-refractivity contribution is 4.85. The first-order valence-corrected chi connectivity index (χ1v) is 5.69. The zero-order chi connectivity index (χ0) is 10.6. The largest absolute Gasteiger partial charge is 0.378 e. The molecule has 2 atom stereocenters. The first-order valence-electron chi connectivity index (χ1n) is 5.69. The van der Waals surface area contributed by atoms with Gasteiger partial charge in [0.05, 0.1) is 13.2 Å². The molecule has 0 spiro atoms. The van der Waals surface area contributed by atoms with Crippen LogP contribution in [0.5, 0.6) is 0 Å². The van der Waals surface area contributed by atoms with Gasteiger partial charge in [0.2, 0.25) is 0 Å². The van der Waals surface area contributed by atoms with E-state index in [9.17, 15) is 0 Å². The Morgan fingerprint density at radius 1 is 1.50 bits per heavy atom. The van der Waals surface area contributed by atoms with Crippen LogP contribution in [-0.2, 0) is 4.74 Å². The minimum atomic E-state index is -0.0508. The Balaban J connectivity index is 2.48. The van der Waals surface area contributed by atoms with Gasteiger partial charge in [-0.25, -0.2) is 0 Å². The second-order valence-electron chi connectivity index (χ2n) is 4.62. The van der Waals surface area contributed by atoms with Crippen molar-refractivity contribution in [1.82, 2.24) is 4.90 Å². The van der Waals surface area contributed by atoms with Crippen LogP contribution in [0.2, 0.25) is 0 Å². The van der Waals surface area contributed by atoms with E-state index in [1.807, 2.05) is 0 Å². The molecule has 0 aromatic rings. The molecule has 3 heteroatoms. The summed E-state index contributed by atoms with van der Waals surface area (Å²) in [6.45, 7) is 10.3. The summed E-state index contributed by atoms with van der Waals surface area (Å²) >= 11 is 0. The molecule has 84 valence electrons. The van der Waals surface area contributed by atoms with Crippen molar-refractivity contribution in [2.75, 3.05) is 26.3 Å². The van der Waals surface area contributed by atoms with Gasteiger partial charge < -0.3 is 10.5 Å². The van der Waals surface area contributed by atoms with Gasteiger partial charge in [0.1, 0.15) is 0 Å².